The number of unbranched alkanes of at least 4 members (excludes halogenated alkanes) is 1. The number of sulfonamides is 1. The molecule has 3 unspecified atom stereocenters. The molecule has 0 heterocycles. The molecule has 0 aromatic carbocycles. The average Bonchev–Trinajstić information content (AvgIpc) is 2.96. The van der Waals surface area contributed by atoms with Crippen LogP contribution in [0.1, 0.15) is 59.3 Å². The number of hydrogen-bond acceptors (Lipinski definition) is 4. The van der Waals surface area contributed by atoms with Crippen molar-refractivity contribution in [2.75, 3.05) is 13.7 Å². The van der Waals surface area contributed by atoms with Gasteiger partial charge in [0.25, 0.3) is 0 Å². The molecule has 21 heavy (non-hydrogen) atoms. The number of carbonyl (C=O) groups is 1. The molecule has 0 aliphatic heterocycles. The first-order chi connectivity index (χ1) is 9.89. The molecule has 0 bridgehead atoms. The van der Waals surface area contributed by atoms with E-state index in [-0.39, 0.29) is 12.0 Å². The highest BCUT2D eigenvalue weighted by molar-refractivity contribution is 7.89. The Morgan fingerprint density at radius 1 is 1.33 bits per heavy atom. The van der Waals surface area contributed by atoms with Gasteiger partial charge in [-0.05, 0) is 32.6 Å². The van der Waals surface area contributed by atoms with Gasteiger partial charge in [0.05, 0.1) is 18.3 Å². The molecule has 0 aromatic heterocycles. The fraction of sp³-hybridized carbons (Fsp3) is 0.933. The van der Waals surface area contributed by atoms with Crippen LogP contribution in [0.15, 0.2) is 0 Å². The van der Waals surface area contributed by atoms with Crippen molar-refractivity contribution in [3.63, 3.8) is 0 Å². The summed E-state index contributed by atoms with van der Waals surface area (Å²) in [6, 6.07) is -0.0274. The average molecular weight is 319 g/mol. The van der Waals surface area contributed by atoms with Gasteiger partial charge in [-0.2, -0.15) is 4.31 Å². The number of esters is 1. The van der Waals surface area contributed by atoms with E-state index < -0.39 is 21.2 Å². The predicted molar refractivity (Wildman–Crippen MR) is 83.4 cm³/mol. The summed E-state index contributed by atoms with van der Waals surface area (Å²) in [5.41, 5.74) is 0. The van der Waals surface area contributed by atoms with E-state index in [0.717, 1.165) is 25.7 Å². The summed E-state index contributed by atoms with van der Waals surface area (Å²) in [6.07, 6.45) is 4.51. The monoisotopic (exact) mass is 319 g/mol. The van der Waals surface area contributed by atoms with Crippen LogP contribution in [-0.2, 0) is 19.6 Å². The number of hydrogen-bond donors (Lipinski definition) is 0. The molecule has 1 fully saturated rings. The molecule has 0 N–H and O–H groups in total. The molecule has 0 aromatic rings. The van der Waals surface area contributed by atoms with Crippen molar-refractivity contribution in [3.05, 3.63) is 0 Å². The first kappa shape index (κ1) is 18.4. The van der Waals surface area contributed by atoms with Gasteiger partial charge in [-0.15, -0.1) is 0 Å². The lowest BCUT2D eigenvalue weighted by molar-refractivity contribution is -0.145. The van der Waals surface area contributed by atoms with Crippen molar-refractivity contribution in [1.29, 1.82) is 0 Å². The first-order valence-electron chi connectivity index (χ1n) is 7.98. The maximum Gasteiger partial charge on any atom is 0.310 e. The van der Waals surface area contributed by atoms with Gasteiger partial charge < -0.3 is 4.74 Å². The van der Waals surface area contributed by atoms with Crippen molar-refractivity contribution in [1.82, 2.24) is 4.31 Å². The highest BCUT2D eigenvalue weighted by atomic mass is 32.2. The number of nitrogens with zero attached hydrogens (tertiary/aromatic N) is 1. The number of rotatable bonds is 8. The fourth-order valence-electron chi connectivity index (χ4n) is 2.99. The van der Waals surface area contributed by atoms with Crippen molar-refractivity contribution >= 4 is 16.0 Å². The van der Waals surface area contributed by atoms with E-state index in [1.807, 2.05) is 20.8 Å². The van der Waals surface area contributed by atoms with Gasteiger partial charge in [0.15, 0.2) is 0 Å². The van der Waals surface area contributed by atoms with Gasteiger partial charge in [-0.25, -0.2) is 8.42 Å². The summed E-state index contributed by atoms with van der Waals surface area (Å²) >= 11 is 0. The van der Waals surface area contributed by atoms with Gasteiger partial charge in [-0.3, -0.25) is 4.79 Å². The molecule has 0 radical (unpaired) electrons. The lowest BCUT2D eigenvalue weighted by Gasteiger charge is -2.32. The van der Waals surface area contributed by atoms with Crippen LogP contribution in [-0.4, -0.2) is 43.6 Å². The largest absolute Gasteiger partial charge is 0.469 e. The second-order valence-electron chi connectivity index (χ2n) is 5.87. The normalized spacial score (nSPS) is 24.2. The zero-order chi connectivity index (χ0) is 16.0. The molecule has 1 aliphatic rings. The summed E-state index contributed by atoms with van der Waals surface area (Å²) in [5.74, 6) is -0.895. The Hall–Kier alpha value is -0.620. The second-order valence-corrected chi connectivity index (χ2v) is 7.97. The highest BCUT2D eigenvalue weighted by Gasteiger charge is 2.45. The van der Waals surface area contributed by atoms with Gasteiger partial charge in [0.1, 0.15) is 0 Å². The molecule has 3 atom stereocenters. The maximum atomic E-state index is 13.0. The molecule has 124 valence electrons. The van der Waals surface area contributed by atoms with Crippen molar-refractivity contribution in [2.45, 2.75) is 70.6 Å². The lowest BCUT2D eigenvalue weighted by atomic mass is 10.1. The van der Waals surface area contributed by atoms with Crippen LogP contribution in [0.5, 0.6) is 0 Å². The summed E-state index contributed by atoms with van der Waals surface area (Å²) in [4.78, 5) is 11.8. The first-order valence-corrected chi connectivity index (χ1v) is 9.48. The van der Waals surface area contributed by atoms with E-state index in [9.17, 15) is 13.2 Å². The third-order valence-corrected chi connectivity index (χ3v) is 7.01. The van der Waals surface area contributed by atoms with Gasteiger partial charge in [0, 0.05) is 12.6 Å². The molecule has 1 saturated carbocycles. The fourth-order valence-corrected chi connectivity index (χ4v) is 5.50. The van der Waals surface area contributed by atoms with Crippen LogP contribution in [0.3, 0.4) is 0 Å². The topological polar surface area (TPSA) is 63.7 Å². The molecule has 0 spiro atoms. The maximum absolute atomic E-state index is 13.0. The van der Waals surface area contributed by atoms with Crippen LogP contribution < -0.4 is 0 Å². The minimum Gasteiger partial charge on any atom is -0.469 e. The predicted octanol–water partition coefficient (Wildman–Crippen LogP) is 2.56. The minimum atomic E-state index is -3.46. The molecule has 6 heteroatoms. The van der Waals surface area contributed by atoms with Crippen LogP contribution in [0.4, 0.5) is 0 Å². The Balaban J connectivity index is 3.01. The zero-order valence-corrected chi connectivity index (χ0v) is 14.5. The van der Waals surface area contributed by atoms with E-state index in [4.69, 9.17) is 4.74 Å². The van der Waals surface area contributed by atoms with Gasteiger partial charge >= 0.3 is 5.97 Å². The molecule has 0 amide bonds. The van der Waals surface area contributed by atoms with Crippen LogP contribution >= 0.6 is 0 Å². The third kappa shape index (κ3) is 4.19. The molecule has 0 saturated heterocycles. The van der Waals surface area contributed by atoms with E-state index >= 15 is 0 Å². The van der Waals surface area contributed by atoms with E-state index in [2.05, 4.69) is 0 Å². The molecular weight excluding hydrogens is 290 g/mol. The summed E-state index contributed by atoms with van der Waals surface area (Å²) in [7, 11) is -2.13. The van der Waals surface area contributed by atoms with Crippen LogP contribution in [0.25, 0.3) is 0 Å². The van der Waals surface area contributed by atoms with Crippen molar-refractivity contribution in [2.24, 2.45) is 5.92 Å². The van der Waals surface area contributed by atoms with Gasteiger partial charge in [-0.1, -0.05) is 26.7 Å². The van der Waals surface area contributed by atoms with E-state index in [1.54, 1.807) is 4.31 Å². The summed E-state index contributed by atoms with van der Waals surface area (Å²) in [6.45, 7) is 6.52. The van der Waals surface area contributed by atoms with E-state index in [0.29, 0.717) is 19.4 Å². The highest BCUT2D eigenvalue weighted by Crippen LogP contribution is 2.34. The number of carbonyl (C=O) groups excluding carboxylic acids is 1. The molecular formula is C15H29NO4S. The third-order valence-electron chi connectivity index (χ3n) is 4.48. The Bertz CT molecular complexity index is 435. The second kappa shape index (κ2) is 8.13. The van der Waals surface area contributed by atoms with Crippen molar-refractivity contribution in [3.8, 4) is 0 Å². The standard InChI is InChI=1S/C15H29NO4S/c1-5-7-11-16(12(3)6-2)21(18,19)14-10-8-9-13(14)15(17)20-4/h12-14H,5-11H2,1-4H3. The number of ether oxygens (including phenoxy) is 1. The van der Waals surface area contributed by atoms with E-state index in [1.165, 1.54) is 7.11 Å². The summed E-state index contributed by atoms with van der Waals surface area (Å²) in [5, 5.41) is -0.615. The summed E-state index contributed by atoms with van der Waals surface area (Å²) < 4.78 is 32.4. The van der Waals surface area contributed by atoms with Crippen molar-refractivity contribution < 1.29 is 17.9 Å². The lowest BCUT2D eigenvalue weighted by Crippen LogP contribution is -2.46. The van der Waals surface area contributed by atoms with Crippen LogP contribution in [0, 0.1) is 5.92 Å². The SMILES string of the molecule is CCCCN(C(C)CC)S(=O)(=O)C1CCCC1C(=O)OC. The Morgan fingerprint density at radius 2 is 2.00 bits per heavy atom. The molecule has 1 aliphatic carbocycles. The minimum absolute atomic E-state index is 0.0274. The quantitative estimate of drug-likeness (QED) is 0.645. The van der Waals surface area contributed by atoms with Crippen LogP contribution in [0.2, 0.25) is 0 Å². The van der Waals surface area contributed by atoms with Gasteiger partial charge in [0.2, 0.25) is 10.0 Å². The molecule has 5 nitrogen and oxygen atoms in total. The Morgan fingerprint density at radius 3 is 2.52 bits per heavy atom. The number of methoxy groups -OCH3 is 1. The molecule has 1 rings (SSSR count). The zero-order valence-electron chi connectivity index (χ0n) is 13.7. The Labute approximate surface area is 129 Å². The smallest absolute Gasteiger partial charge is 0.310 e. The Kier molecular flexibility index (Phi) is 7.13.